The van der Waals surface area contributed by atoms with E-state index in [1.54, 1.807) is 36.4 Å². The summed E-state index contributed by atoms with van der Waals surface area (Å²) in [7, 11) is 1.91. The predicted octanol–water partition coefficient (Wildman–Crippen LogP) is 5.18. The third kappa shape index (κ3) is 3.99. The number of carbonyl (C=O) groups excluding carboxylic acids is 2. The zero-order valence-electron chi connectivity index (χ0n) is 19.8. The molecule has 1 atom stereocenters. The van der Waals surface area contributed by atoms with Crippen molar-refractivity contribution in [1.82, 2.24) is 9.47 Å². The number of amides is 1. The van der Waals surface area contributed by atoms with E-state index in [0.717, 1.165) is 16.5 Å². The number of aryl methyl sites for hydroxylation is 1. The van der Waals surface area contributed by atoms with Gasteiger partial charge >= 0.3 is 0 Å². The van der Waals surface area contributed by atoms with Crippen molar-refractivity contribution in [3.8, 4) is 5.75 Å². The maximum atomic E-state index is 13.4. The maximum absolute atomic E-state index is 13.4. The van der Waals surface area contributed by atoms with Crippen LogP contribution < -0.4 is 4.74 Å². The molecule has 1 saturated heterocycles. The molecule has 5 rings (SSSR count). The van der Waals surface area contributed by atoms with Crippen LogP contribution in [-0.2, 0) is 23.2 Å². The summed E-state index contributed by atoms with van der Waals surface area (Å²) >= 11 is 0. The smallest absolute Gasteiger partial charge is 0.296 e. The summed E-state index contributed by atoms with van der Waals surface area (Å²) in [5.41, 5.74) is 2.16. The molecule has 0 aliphatic carbocycles. The lowest BCUT2D eigenvalue weighted by atomic mass is 9.95. The molecule has 2 aromatic carbocycles. The van der Waals surface area contributed by atoms with Gasteiger partial charge in [0, 0.05) is 35.3 Å². The van der Waals surface area contributed by atoms with Crippen molar-refractivity contribution in [2.45, 2.75) is 32.5 Å². The molecule has 1 N–H and O–H groups in total. The van der Waals surface area contributed by atoms with Gasteiger partial charge in [-0.15, -0.1) is 0 Å². The zero-order valence-corrected chi connectivity index (χ0v) is 19.8. The summed E-state index contributed by atoms with van der Waals surface area (Å²) in [5, 5.41) is 12.3. The second kappa shape index (κ2) is 8.83. The number of hydrogen-bond donors (Lipinski definition) is 1. The molecule has 178 valence electrons. The molecule has 0 bridgehead atoms. The highest BCUT2D eigenvalue weighted by Gasteiger charge is 2.47. The Morgan fingerprint density at radius 3 is 2.63 bits per heavy atom. The largest absolute Gasteiger partial charge is 0.507 e. The quantitative estimate of drug-likeness (QED) is 0.238. The van der Waals surface area contributed by atoms with Gasteiger partial charge in [0.25, 0.3) is 11.7 Å². The van der Waals surface area contributed by atoms with Crippen LogP contribution in [0.25, 0.3) is 16.7 Å². The molecule has 7 heteroatoms. The van der Waals surface area contributed by atoms with Crippen molar-refractivity contribution < 1.29 is 23.8 Å². The molecule has 7 nitrogen and oxygen atoms in total. The highest BCUT2D eigenvalue weighted by molar-refractivity contribution is 6.46. The summed E-state index contributed by atoms with van der Waals surface area (Å²) in [5.74, 6) is -0.546. The van der Waals surface area contributed by atoms with E-state index in [0.29, 0.717) is 17.1 Å². The second-order valence-electron chi connectivity index (χ2n) is 8.91. The first-order chi connectivity index (χ1) is 16.8. The lowest BCUT2D eigenvalue weighted by Crippen LogP contribution is -2.29. The average molecular weight is 471 g/mol. The normalized spacial score (nSPS) is 17.6. The molecule has 1 fully saturated rings. The number of ketones is 1. The van der Waals surface area contributed by atoms with Crippen molar-refractivity contribution in [3.63, 3.8) is 0 Å². The van der Waals surface area contributed by atoms with Crippen LogP contribution in [0.15, 0.2) is 83.1 Å². The van der Waals surface area contributed by atoms with Crippen LogP contribution in [0.3, 0.4) is 0 Å². The number of para-hydroxylation sites is 1. The fraction of sp³-hybridized carbons (Fsp3) is 0.214. The SMILES string of the molecule is CC(C)Oc1cccc(/C(O)=C2\C(=O)C(=O)N(Cc3ccco3)C2c2cn(C)c3ccccc23)c1. The summed E-state index contributed by atoms with van der Waals surface area (Å²) in [6.45, 7) is 3.92. The van der Waals surface area contributed by atoms with E-state index in [2.05, 4.69) is 0 Å². The van der Waals surface area contributed by atoms with Gasteiger partial charge in [-0.1, -0.05) is 30.3 Å². The Morgan fingerprint density at radius 1 is 1.09 bits per heavy atom. The van der Waals surface area contributed by atoms with Crippen molar-refractivity contribution in [2.24, 2.45) is 7.05 Å². The molecule has 1 unspecified atom stereocenters. The number of benzene rings is 2. The molecule has 1 aliphatic heterocycles. The summed E-state index contributed by atoms with van der Waals surface area (Å²) in [6.07, 6.45) is 3.38. The lowest BCUT2D eigenvalue weighted by molar-refractivity contribution is -0.140. The van der Waals surface area contributed by atoms with Crippen LogP contribution in [-0.4, -0.2) is 32.4 Å². The van der Waals surface area contributed by atoms with Gasteiger partial charge in [0.1, 0.15) is 17.3 Å². The van der Waals surface area contributed by atoms with Crippen LogP contribution in [0.1, 0.15) is 36.8 Å². The molecule has 1 amide bonds. The first-order valence-electron chi connectivity index (χ1n) is 11.5. The molecular formula is C28H26N2O5. The van der Waals surface area contributed by atoms with E-state index in [4.69, 9.17) is 9.15 Å². The van der Waals surface area contributed by atoms with Gasteiger partial charge in [-0.2, -0.15) is 0 Å². The van der Waals surface area contributed by atoms with E-state index < -0.39 is 17.7 Å². The monoisotopic (exact) mass is 470 g/mol. The Labute approximate surface area is 202 Å². The Morgan fingerprint density at radius 2 is 1.89 bits per heavy atom. The topological polar surface area (TPSA) is 84.9 Å². The highest BCUT2D eigenvalue weighted by atomic mass is 16.5. The lowest BCUT2D eigenvalue weighted by Gasteiger charge is -2.24. The number of aliphatic hydroxyl groups excluding tert-OH is 1. The minimum atomic E-state index is -0.791. The molecule has 4 aromatic rings. The number of furan rings is 1. The molecule has 0 saturated carbocycles. The van der Waals surface area contributed by atoms with Gasteiger partial charge in [-0.3, -0.25) is 9.59 Å². The minimum Gasteiger partial charge on any atom is -0.507 e. The van der Waals surface area contributed by atoms with E-state index in [9.17, 15) is 14.7 Å². The molecule has 0 radical (unpaired) electrons. The van der Waals surface area contributed by atoms with Crippen molar-refractivity contribution >= 4 is 28.4 Å². The Balaban J connectivity index is 1.70. The fourth-order valence-corrected chi connectivity index (χ4v) is 4.67. The fourth-order valence-electron chi connectivity index (χ4n) is 4.67. The van der Waals surface area contributed by atoms with Crippen molar-refractivity contribution in [2.75, 3.05) is 0 Å². The van der Waals surface area contributed by atoms with E-state index in [-0.39, 0.29) is 24.0 Å². The van der Waals surface area contributed by atoms with E-state index >= 15 is 0 Å². The predicted molar refractivity (Wildman–Crippen MR) is 132 cm³/mol. The standard InChI is InChI=1S/C28H26N2O5/c1-17(2)35-19-9-6-8-18(14-19)26(31)24-25(22-16-29(3)23-12-5-4-11-21(22)23)30(28(33)27(24)32)15-20-10-7-13-34-20/h4-14,16-17,25,31H,15H2,1-3H3/b26-24+. The second-order valence-corrected chi connectivity index (χ2v) is 8.91. The van der Waals surface area contributed by atoms with Gasteiger partial charge in [0.05, 0.1) is 30.5 Å². The van der Waals surface area contributed by atoms with Crippen LogP contribution in [0.5, 0.6) is 5.75 Å². The van der Waals surface area contributed by atoms with Gasteiger partial charge in [-0.25, -0.2) is 0 Å². The molecule has 0 spiro atoms. The first-order valence-corrected chi connectivity index (χ1v) is 11.5. The number of nitrogens with zero attached hydrogens (tertiary/aromatic N) is 2. The maximum Gasteiger partial charge on any atom is 0.296 e. The van der Waals surface area contributed by atoms with E-state index in [1.807, 2.05) is 55.9 Å². The number of fused-ring (bicyclic) bond motifs is 1. The highest BCUT2D eigenvalue weighted by Crippen LogP contribution is 2.43. The number of Topliss-reactive ketones (excluding diaryl/α,β-unsaturated/α-hetero) is 1. The number of carbonyl (C=O) groups is 2. The molecule has 35 heavy (non-hydrogen) atoms. The van der Waals surface area contributed by atoms with Crippen LogP contribution >= 0.6 is 0 Å². The van der Waals surface area contributed by atoms with Crippen molar-refractivity contribution in [1.29, 1.82) is 0 Å². The summed E-state index contributed by atoms with van der Waals surface area (Å²) in [4.78, 5) is 28.1. The van der Waals surface area contributed by atoms with E-state index in [1.165, 1.54) is 11.2 Å². The van der Waals surface area contributed by atoms with Gasteiger partial charge in [-0.05, 0) is 44.2 Å². The first kappa shape index (κ1) is 22.5. The molecule has 1 aliphatic rings. The third-order valence-corrected chi connectivity index (χ3v) is 6.15. The number of aliphatic hydroxyl groups is 1. The third-order valence-electron chi connectivity index (χ3n) is 6.15. The van der Waals surface area contributed by atoms with Gasteiger partial charge in [0.15, 0.2) is 0 Å². The Hall–Kier alpha value is -4.26. The minimum absolute atomic E-state index is 0.0413. The Bertz CT molecular complexity index is 1450. The number of ether oxygens (including phenoxy) is 1. The number of likely N-dealkylation sites (tertiary alicyclic amines) is 1. The van der Waals surface area contributed by atoms with Crippen LogP contribution in [0.4, 0.5) is 0 Å². The summed E-state index contributed by atoms with van der Waals surface area (Å²) in [6, 6.07) is 17.4. The zero-order chi connectivity index (χ0) is 24.7. The number of rotatable bonds is 6. The molecule has 2 aromatic heterocycles. The number of aromatic nitrogens is 1. The van der Waals surface area contributed by atoms with Crippen LogP contribution in [0, 0.1) is 0 Å². The van der Waals surface area contributed by atoms with Crippen molar-refractivity contribution in [3.05, 3.63) is 95.6 Å². The van der Waals surface area contributed by atoms with Crippen LogP contribution in [0.2, 0.25) is 0 Å². The van der Waals surface area contributed by atoms with Gasteiger partial charge < -0.3 is 23.7 Å². The van der Waals surface area contributed by atoms with Gasteiger partial charge in [0.2, 0.25) is 0 Å². The average Bonchev–Trinajstić information content (AvgIpc) is 3.53. The number of hydrogen-bond acceptors (Lipinski definition) is 5. The molecule has 3 heterocycles. The molecular weight excluding hydrogens is 444 g/mol. The Kier molecular flexibility index (Phi) is 5.68. The summed E-state index contributed by atoms with van der Waals surface area (Å²) < 4.78 is 13.2.